The molecule has 0 heterocycles. The summed E-state index contributed by atoms with van der Waals surface area (Å²) in [6.07, 6.45) is 1.27. The van der Waals surface area contributed by atoms with Crippen LogP contribution in [-0.2, 0) is 14.9 Å². The highest BCUT2D eigenvalue weighted by Gasteiger charge is 2.17. The molecule has 0 aliphatic carbocycles. The van der Waals surface area contributed by atoms with Crippen LogP contribution in [0.5, 0.6) is 5.75 Å². The number of carbonyl (C=O) groups excluding carboxylic acids is 1. The zero-order chi connectivity index (χ0) is 24.0. The molecule has 8 nitrogen and oxygen atoms in total. The Balaban J connectivity index is 1.78. The molecule has 166 valence electrons. The van der Waals surface area contributed by atoms with Crippen LogP contribution in [0.25, 0.3) is 6.08 Å². The van der Waals surface area contributed by atoms with Crippen molar-refractivity contribution in [2.45, 2.75) is 4.90 Å². The SMILES string of the molecule is N#CC(=Cc1cccc(OS(=O)(=O)c2ccc(Cl)cc2)c1)C(=O)Nc1ccc(C(=O)O)cc1. The van der Waals surface area contributed by atoms with Gasteiger partial charge in [-0.3, -0.25) is 4.79 Å². The standard InChI is InChI=1S/C23H15ClN2O6S/c24-18-6-10-21(11-7-18)33(30,31)32-20-3-1-2-15(13-20)12-17(14-25)22(27)26-19-8-4-16(5-9-19)23(28)29/h1-13H,(H,26,27)(H,28,29). The van der Waals surface area contributed by atoms with Crippen molar-refractivity contribution in [1.29, 1.82) is 5.26 Å². The monoisotopic (exact) mass is 482 g/mol. The molecule has 33 heavy (non-hydrogen) atoms. The lowest BCUT2D eigenvalue weighted by Gasteiger charge is -2.08. The van der Waals surface area contributed by atoms with Crippen molar-refractivity contribution >= 4 is 45.4 Å². The smallest absolute Gasteiger partial charge is 0.339 e. The van der Waals surface area contributed by atoms with E-state index in [1.807, 2.05) is 0 Å². The largest absolute Gasteiger partial charge is 0.478 e. The van der Waals surface area contributed by atoms with E-state index < -0.39 is 22.0 Å². The summed E-state index contributed by atoms with van der Waals surface area (Å²) in [5.41, 5.74) is 0.452. The second kappa shape index (κ2) is 9.99. The van der Waals surface area contributed by atoms with E-state index in [1.165, 1.54) is 72.8 Å². The van der Waals surface area contributed by atoms with Crippen LogP contribution >= 0.6 is 11.6 Å². The summed E-state index contributed by atoms with van der Waals surface area (Å²) in [5, 5.41) is 21.2. The first kappa shape index (κ1) is 23.5. The van der Waals surface area contributed by atoms with E-state index in [0.29, 0.717) is 16.3 Å². The Morgan fingerprint density at radius 1 is 1.03 bits per heavy atom. The molecule has 0 saturated heterocycles. The highest BCUT2D eigenvalue weighted by atomic mass is 35.5. The molecule has 0 radical (unpaired) electrons. The van der Waals surface area contributed by atoms with E-state index in [2.05, 4.69) is 5.32 Å². The van der Waals surface area contributed by atoms with Crippen LogP contribution in [0.2, 0.25) is 5.02 Å². The summed E-state index contributed by atoms with van der Waals surface area (Å²) in [7, 11) is -4.11. The van der Waals surface area contributed by atoms with E-state index in [1.54, 1.807) is 12.1 Å². The van der Waals surface area contributed by atoms with Gasteiger partial charge in [0.25, 0.3) is 5.91 Å². The minimum Gasteiger partial charge on any atom is -0.478 e. The number of hydrogen-bond acceptors (Lipinski definition) is 6. The van der Waals surface area contributed by atoms with Crippen molar-refractivity contribution in [1.82, 2.24) is 0 Å². The summed E-state index contributed by atoms with van der Waals surface area (Å²) in [5.74, 6) is -1.84. The predicted octanol–water partition coefficient (Wildman–Crippen LogP) is 4.35. The molecule has 0 bridgehead atoms. The van der Waals surface area contributed by atoms with Gasteiger partial charge in [-0.2, -0.15) is 13.7 Å². The minimum atomic E-state index is -4.11. The van der Waals surface area contributed by atoms with Crippen molar-refractivity contribution in [2.75, 3.05) is 5.32 Å². The van der Waals surface area contributed by atoms with Gasteiger partial charge in [0.15, 0.2) is 0 Å². The highest BCUT2D eigenvalue weighted by Crippen LogP contribution is 2.22. The van der Waals surface area contributed by atoms with Crippen molar-refractivity contribution in [2.24, 2.45) is 0 Å². The molecule has 0 spiro atoms. The lowest BCUT2D eigenvalue weighted by Crippen LogP contribution is -2.13. The normalized spacial score (nSPS) is 11.3. The lowest BCUT2D eigenvalue weighted by molar-refractivity contribution is -0.112. The first-order chi connectivity index (χ1) is 15.7. The Labute approximate surface area is 194 Å². The zero-order valence-corrected chi connectivity index (χ0v) is 18.3. The van der Waals surface area contributed by atoms with Gasteiger partial charge in [0.1, 0.15) is 22.3 Å². The topological polar surface area (TPSA) is 134 Å². The number of anilines is 1. The van der Waals surface area contributed by atoms with Crippen molar-refractivity contribution in [3.63, 3.8) is 0 Å². The Morgan fingerprint density at radius 2 is 1.70 bits per heavy atom. The summed E-state index contributed by atoms with van der Waals surface area (Å²) in [6, 6.07) is 18.5. The Morgan fingerprint density at radius 3 is 2.30 bits per heavy atom. The molecule has 3 aromatic carbocycles. The summed E-state index contributed by atoms with van der Waals surface area (Å²) in [6.45, 7) is 0. The molecular formula is C23H15ClN2O6S. The maximum atomic E-state index is 12.4. The number of hydrogen-bond donors (Lipinski definition) is 2. The Kier molecular flexibility index (Phi) is 7.13. The quantitative estimate of drug-likeness (QED) is 0.290. The van der Waals surface area contributed by atoms with Crippen LogP contribution in [0.1, 0.15) is 15.9 Å². The summed E-state index contributed by atoms with van der Waals surface area (Å²) >= 11 is 5.78. The number of halogens is 1. The van der Waals surface area contributed by atoms with Gasteiger partial charge in [0.05, 0.1) is 5.56 Å². The van der Waals surface area contributed by atoms with Crippen LogP contribution in [-0.4, -0.2) is 25.4 Å². The third-order valence-electron chi connectivity index (χ3n) is 4.23. The second-order valence-electron chi connectivity index (χ2n) is 6.57. The average Bonchev–Trinajstić information content (AvgIpc) is 2.78. The van der Waals surface area contributed by atoms with Crippen LogP contribution in [0.3, 0.4) is 0 Å². The molecule has 3 rings (SSSR count). The third kappa shape index (κ3) is 6.20. The highest BCUT2D eigenvalue weighted by molar-refractivity contribution is 7.87. The lowest BCUT2D eigenvalue weighted by atomic mass is 10.1. The number of rotatable bonds is 7. The number of aromatic carboxylic acids is 1. The molecule has 0 unspecified atom stereocenters. The van der Waals surface area contributed by atoms with Crippen LogP contribution in [0.4, 0.5) is 5.69 Å². The molecule has 0 atom stereocenters. The van der Waals surface area contributed by atoms with E-state index >= 15 is 0 Å². The van der Waals surface area contributed by atoms with E-state index in [9.17, 15) is 23.3 Å². The summed E-state index contributed by atoms with van der Waals surface area (Å²) < 4.78 is 30.0. The number of nitriles is 1. The molecule has 0 aliphatic rings. The van der Waals surface area contributed by atoms with Gasteiger partial charge in [-0.25, -0.2) is 4.79 Å². The van der Waals surface area contributed by atoms with Gasteiger partial charge in [-0.15, -0.1) is 0 Å². The van der Waals surface area contributed by atoms with Gasteiger partial charge in [0, 0.05) is 10.7 Å². The van der Waals surface area contributed by atoms with E-state index in [0.717, 1.165) is 0 Å². The van der Waals surface area contributed by atoms with Crippen molar-refractivity contribution < 1.29 is 27.3 Å². The Bertz CT molecular complexity index is 1380. The van der Waals surface area contributed by atoms with Gasteiger partial charge < -0.3 is 14.6 Å². The predicted molar refractivity (Wildman–Crippen MR) is 121 cm³/mol. The molecule has 0 aliphatic heterocycles. The number of benzene rings is 3. The maximum Gasteiger partial charge on any atom is 0.339 e. The van der Waals surface area contributed by atoms with Gasteiger partial charge >= 0.3 is 16.1 Å². The number of carbonyl (C=O) groups is 2. The van der Waals surface area contributed by atoms with Crippen LogP contribution in [0.15, 0.2) is 83.3 Å². The number of nitrogens with zero attached hydrogens (tertiary/aromatic N) is 1. The molecule has 2 N–H and O–H groups in total. The first-order valence-corrected chi connectivity index (χ1v) is 11.0. The van der Waals surface area contributed by atoms with Gasteiger partial charge in [-0.05, 0) is 72.3 Å². The van der Waals surface area contributed by atoms with Crippen molar-refractivity contribution in [3.05, 3.63) is 94.5 Å². The third-order valence-corrected chi connectivity index (χ3v) is 5.75. The van der Waals surface area contributed by atoms with E-state index in [4.69, 9.17) is 20.9 Å². The van der Waals surface area contributed by atoms with Gasteiger partial charge in [0.2, 0.25) is 0 Å². The molecule has 10 heteroatoms. The molecule has 0 fully saturated rings. The molecule has 0 aromatic heterocycles. The number of nitrogens with one attached hydrogen (secondary N) is 1. The van der Waals surface area contributed by atoms with E-state index in [-0.39, 0.29) is 21.8 Å². The number of amides is 1. The van der Waals surface area contributed by atoms with Crippen molar-refractivity contribution in [3.8, 4) is 11.8 Å². The fourth-order valence-electron chi connectivity index (χ4n) is 2.64. The molecule has 1 amide bonds. The second-order valence-corrected chi connectivity index (χ2v) is 8.55. The molecular weight excluding hydrogens is 468 g/mol. The minimum absolute atomic E-state index is 0.0133. The summed E-state index contributed by atoms with van der Waals surface area (Å²) in [4.78, 5) is 23.3. The fourth-order valence-corrected chi connectivity index (χ4v) is 3.69. The number of carboxylic acids is 1. The Hall–Kier alpha value is -4.13. The first-order valence-electron chi connectivity index (χ1n) is 9.24. The fraction of sp³-hybridized carbons (Fsp3) is 0. The number of carboxylic acid groups (broad SMARTS) is 1. The molecule has 3 aromatic rings. The van der Waals surface area contributed by atoms with Gasteiger partial charge in [-0.1, -0.05) is 23.7 Å². The average molecular weight is 483 g/mol. The molecule has 0 saturated carbocycles. The van der Waals surface area contributed by atoms with Crippen LogP contribution in [0, 0.1) is 11.3 Å². The zero-order valence-electron chi connectivity index (χ0n) is 16.7. The maximum absolute atomic E-state index is 12.4. The van der Waals surface area contributed by atoms with Crippen LogP contribution < -0.4 is 9.50 Å².